The van der Waals surface area contributed by atoms with Crippen LogP contribution in [0.25, 0.3) is 0 Å². The Morgan fingerprint density at radius 3 is 2.50 bits per heavy atom. The third-order valence-corrected chi connectivity index (χ3v) is 5.35. The molecule has 4 nitrogen and oxygen atoms in total. The second-order valence-corrected chi connectivity index (χ2v) is 6.28. The minimum Gasteiger partial charge on any atom is -0.409 e. The lowest BCUT2D eigenvalue weighted by molar-refractivity contribution is 0.209. The fraction of sp³-hybridized carbons (Fsp3) is 0.500. The highest BCUT2D eigenvalue weighted by Crippen LogP contribution is 2.35. The monoisotopic (exact) mass is 297 g/mol. The molecule has 1 aliphatic rings. The predicted molar refractivity (Wildman–Crippen MR) is 80.6 cm³/mol. The Labute approximate surface area is 122 Å². The minimum atomic E-state index is -0.256. The van der Waals surface area contributed by atoms with E-state index in [-0.39, 0.29) is 10.6 Å². The molecule has 0 unspecified atom stereocenters. The fourth-order valence-corrected chi connectivity index (χ4v) is 3.42. The van der Waals surface area contributed by atoms with Crippen molar-refractivity contribution in [1.82, 2.24) is 4.90 Å². The number of halogens is 1. The summed E-state index contributed by atoms with van der Waals surface area (Å²) in [4.78, 5) is 2.31. The Morgan fingerprint density at radius 2 is 2.00 bits per heavy atom. The Balaban J connectivity index is 1.95. The third kappa shape index (κ3) is 3.24. The van der Waals surface area contributed by atoms with E-state index in [0.29, 0.717) is 5.84 Å². The molecule has 0 aromatic heterocycles. The maximum Gasteiger partial charge on any atom is 0.155 e. The number of amidine groups is 1. The van der Waals surface area contributed by atoms with Crippen molar-refractivity contribution in [1.29, 1.82) is 0 Å². The van der Waals surface area contributed by atoms with E-state index in [2.05, 4.69) is 10.1 Å². The van der Waals surface area contributed by atoms with E-state index in [1.807, 2.05) is 18.4 Å². The lowest BCUT2D eigenvalue weighted by atomic mass is 9.94. The average molecular weight is 297 g/mol. The van der Waals surface area contributed by atoms with E-state index in [9.17, 15) is 4.39 Å². The molecule has 110 valence electrons. The molecule has 0 spiro atoms. The largest absolute Gasteiger partial charge is 0.409 e. The SMILES string of the molecule is CSC1(C(N)=NO)CCN(Cc2ccc(F)cc2)CC1. The predicted octanol–water partition coefficient (Wildman–Crippen LogP) is 2.27. The van der Waals surface area contributed by atoms with Gasteiger partial charge in [-0.1, -0.05) is 17.3 Å². The van der Waals surface area contributed by atoms with E-state index in [1.54, 1.807) is 11.8 Å². The summed E-state index contributed by atoms with van der Waals surface area (Å²) in [5.41, 5.74) is 6.93. The van der Waals surface area contributed by atoms with Crippen LogP contribution in [0.2, 0.25) is 0 Å². The van der Waals surface area contributed by atoms with Crippen LogP contribution in [0.5, 0.6) is 0 Å². The van der Waals surface area contributed by atoms with Gasteiger partial charge >= 0.3 is 0 Å². The number of nitrogens with two attached hydrogens (primary N) is 1. The molecule has 2 rings (SSSR count). The average Bonchev–Trinajstić information content (AvgIpc) is 2.50. The molecule has 20 heavy (non-hydrogen) atoms. The zero-order valence-electron chi connectivity index (χ0n) is 11.6. The molecule has 0 atom stereocenters. The normalized spacial score (nSPS) is 20.0. The quantitative estimate of drug-likeness (QED) is 0.387. The van der Waals surface area contributed by atoms with Gasteiger partial charge in [-0.2, -0.15) is 11.8 Å². The topological polar surface area (TPSA) is 61.9 Å². The molecule has 1 saturated heterocycles. The van der Waals surface area contributed by atoms with Gasteiger partial charge in [0.2, 0.25) is 0 Å². The zero-order chi connectivity index (χ0) is 14.6. The van der Waals surface area contributed by atoms with E-state index in [0.717, 1.165) is 38.0 Å². The third-order valence-electron chi connectivity index (χ3n) is 3.95. The molecule has 0 bridgehead atoms. The van der Waals surface area contributed by atoms with Gasteiger partial charge < -0.3 is 10.9 Å². The summed E-state index contributed by atoms with van der Waals surface area (Å²) < 4.78 is 12.6. The smallest absolute Gasteiger partial charge is 0.155 e. The highest BCUT2D eigenvalue weighted by Gasteiger charge is 2.38. The number of thioether (sulfide) groups is 1. The molecule has 0 amide bonds. The highest BCUT2D eigenvalue weighted by atomic mass is 32.2. The number of nitrogens with zero attached hydrogens (tertiary/aromatic N) is 2. The van der Waals surface area contributed by atoms with Crippen molar-refractivity contribution in [3.8, 4) is 0 Å². The number of oxime groups is 1. The molecule has 6 heteroatoms. The number of hydrogen-bond acceptors (Lipinski definition) is 4. The Morgan fingerprint density at radius 1 is 1.40 bits per heavy atom. The second kappa shape index (κ2) is 6.45. The van der Waals surface area contributed by atoms with Crippen molar-refractivity contribution in [3.63, 3.8) is 0 Å². The molecule has 1 aromatic rings. The van der Waals surface area contributed by atoms with Crippen LogP contribution >= 0.6 is 11.8 Å². The van der Waals surface area contributed by atoms with Crippen molar-refractivity contribution in [2.24, 2.45) is 10.9 Å². The number of piperidine rings is 1. The molecule has 1 aliphatic heterocycles. The maximum atomic E-state index is 12.9. The molecule has 3 N–H and O–H groups in total. The van der Waals surface area contributed by atoms with Gasteiger partial charge in [-0.05, 0) is 36.8 Å². The summed E-state index contributed by atoms with van der Waals surface area (Å²) in [6.45, 7) is 2.57. The van der Waals surface area contributed by atoms with Gasteiger partial charge in [0, 0.05) is 19.6 Å². The Hall–Kier alpha value is -1.27. The Kier molecular flexibility index (Phi) is 4.88. The minimum absolute atomic E-state index is 0.208. The first-order valence-corrected chi connectivity index (χ1v) is 7.82. The van der Waals surface area contributed by atoms with Gasteiger partial charge in [0.1, 0.15) is 5.82 Å². The number of hydrogen-bond donors (Lipinski definition) is 2. The highest BCUT2D eigenvalue weighted by molar-refractivity contribution is 8.00. The van der Waals surface area contributed by atoms with Crippen molar-refractivity contribution < 1.29 is 9.60 Å². The van der Waals surface area contributed by atoms with Crippen LogP contribution in [0.15, 0.2) is 29.4 Å². The van der Waals surface area contributed by atoms with Crippen LogP contribution in [-0.4, -0.2) is 40.0 Å². The van der Waals surface area contributed by atoms with E-state index < -0.39 is 0 Å². The van der Waals surface area contributed by atoms with Gasteiger partial charge in [-0.25, -0.2) is 4.39 Å². The van der Waals surface area contributed by atoms with Gasteiger partial charge in [-0.3, -0.25) is 4.90 Å². The molecule has 1 fully saturated rings. The standard InChI is InChI=1S/C14H20FN3OS/c1-20-14(13(16)17-19)6-8-18(9-7-14)10-11-2-4-12(15)5-3-11/h2-5,19H,6-10H2,1H3,(H2,16,17). The van der Waals surface area contributed by atoms with Gasteiger partial charge in [0.05, 0.1) is 4.75 Å². The first-order chi connectivity index (χ1) is 9.59. The molecule has 0 aliphatic carbocycles. The van der Waals surface area contributed by atoms with Crippen molar-refractivity contribution >= 4 is 17.6 Å². The lowest BCUT2D eigenvalue weighted by Crippen LogP contribution is -2.49. The maximum absolute atomic E-state index is 12.9. The molecule has 0 radical (unpaired) electrons. The van der Waals surface area contributed by atoms with E-state index in [1.165, 1.54) is 12.1 Å². The second-order valence-electron chi connectivity index (χ2n) is 5.09. The summed E-state index contributed by atoms with van der Waals surface area (Å²) >= 11 is 1.64. The van der Waals surface area contributed by atoms with Crippen molar-refractivity contribution in [2.45, 2.75) is 24.1 Å². The zero-order valence-corrected chi connectivity index (χ0v) is 12.4. The van der Waals surface area contributed by atoms with Crippen LogP contribution in [0, 0.1) is 5.82 Å². The van der Waals surface area contributed by atoms with Crippen LogP contribution in [0.1, 0.15) is 18.4 Å². The summed E-state index contributed by atoms with van der Waals surface area (Å²) in [6.07, 6.45) is 3.70. The van der Waals surface area contributed by atoms with Gasteiger partial charge in [0.25, 0.3) is 0 Å². The summed E-state index contributed by atoms with van der Waals surface area (Å²) in [6, 6.07) is 6.61. The number of likely N-dealkylation sites (tertiary alicyclic amines) is 1. The molecule has 1 aromatic carbocycles. The molecule has 0 saturated carbocycles. The van der Waals surface area contributed by atoms with Gasteiger partial charge in [0.15, 0.2) is 5.84 Å². The number of benzene rings is 1. The first kappa shape index (κ1) is 15.1. The van der Waals surface area contributed by atoms with Crippen molar-refractivity contribution in [3.05, 3.63) is 35.6 Å². The Bertz CT molecular complexity index is 470. The van der Waals surface area contributed by atoms with E-state index in [4.69, 9.17) is 10.9 Å². The van der Waals surface area contributed by atoms with Crippen LogP contribution in [0.3, 0.4) is 0 Å². The number of rotatable bonds is 4. The van der Waals surface area contributed by atoms with Crippen LogP contribution < -0.4 is 5.73 Å². The summed E-state index contributed by atoms with van der Waals surface area (Å²) in [5.74, 6) is 0.104. The summed E-state index contributed by atoms with van der Waals surface area (Å²) in [5, 5.41) is 12.1. The molecule has 1 heterocycles. The molecular weight excluding hydrogens is 277 g/mol. The summed E-state index contributed by atoms with van der Waals surface area (Å²) in [7, 11) is 0. The molecular formula is C14H20FN3OS. The van der Waals surface area contributed by atoms with Crippen molar-refractivity contribution in [2.75, 3.05) is 19.3 Å². The van der Waals surface area contributed by atoms with E-state index >= 15 is 0 Å². The van der Waals surface area contributed by atoms with Crippen LogP contribution in [0.4, 0.5) is 4.39 Å². The first-order valence-electron chi connectivity index (χ1n) is 6.59. The fourth-order valence-electron chi connectivity index (χ4n) is 2.58. The van der Waals surface area contributed by atoms with Gasteiger partial charge in [-0.15, -0.1) is 0 Å². The lowest BCUT2D eigenvalue weighted by Gasteiger charge is -2.39. The van der Waals surface area contributed by atoms with Crippen LogP contribution in [-0.2, 0) is 6.54 Å².